The van der Waals surface area contributed by atoms with Crippen LogP contribution in [-0.4, -0.2) is 22.6 Å². The second-order valence-corrected chi connectivity index (χ2v) is 5.93. The molecule has 112 valence electrons. The van der Waals surface area contributed by atoms with E-state index in [-0.39, 0.29) is 0 Å². The summed E-state index contributed by atoms with van der Waals surface area (Å²) in [6.45, 7) is 0.762. The minimum Gasteiger partial charge on any atom is -0.478 e. The van der Waals surface area contributed by atoms with Gasteiger partial charge in [0.25, 0.3) is 0 Å². The molecule has 0 unspecified atom stereocenters. The van der Waals surface area contributed by atoms with Crippen molar-refractivity contribution in [2.24, 2.45) is 0 Å². The fourth-order valence-corrected chi connectivity index (χ4v) is 3.24. The minimum atomic E-state index is -0.890. The number of fused-ring (bicyclic) bond motifs is 1. The van der Waals surface area contributed by atoms with Crippen molar-refractivity contribution < 1.29 is 9.90 Å². The van der Waals surface area contributed by atoms with Crippen LogP contribution in [0.15, 0.2) is 17.7 Å². The third kappa shape index (κ3) is 3.26. The quantitative estimate of drug-likeness (QED) is 0.812. The number of anilines is 1. The van der Waals surface area contributed by atoms with Crippen molar-refractivity contribution in [2.75, 3.05) is 11.9 Å². The molecule has 1 aromatic heterocycles. The van der Waals surface area contributed by atoms with Crippen molar-refractivity contribution >= 4 is 11.8 Å². The highest BCUT2D eigenvalue weighted by Gasteiger charge is 2.18. The Hall–Kier alpha value is -1.84. The second kappa shape index (κ2) is 6.29. The van der Waals surface area contributed by atoms with Gasteiger partial charge in [0.2, 0.25) is 0 Å². The summed E-state index contributed by atoms with van der Waals surface area (Å²) in [4.78, 5) is 16.0. The van der Waals surface area contributed by atoms with Gasteiger partial charge in [-0.05, 0) is 63.0 Å². The zero-order valence-corrected chi connectivity index (χ0v) is 12.3. The van der Waals surface area contributed by atoms with Crippen molar-refractivity contribution in [2.45, 2.75) is 51.4 Å². The smallest absolute Gasteiger partial charge is 0.339 e. The molecule has 0 atom stereocenters. The second-order valence-electron chi connectivity index (χ2n) is 5.93. The third-order valence-corrected chi connectivity index (χ3v) is 4.40. The van der Waals surface area contributed by atoms with E-state index in [4.69, 9.17) is 0 Å². The fraction of sp³-hybridized carbons (Fsp3) is 0.529. The number of aryl methyl sites for hydroxylation is 2. The highest BCUT2D eigenvalue weighted by Crippen LogP contribution is 2.25. The SMILES string of the molecule is O=C(O)c1cc2c(nc1NCCC1=CCCC1)CCCC2. The number of carboxylic acid groups (broad SMARTS) is 1. The lowest BCUT2D eigenvalue weighted by molar-refractivity contribution is 0.0697. The molecule has 0 radical (unpaired) electrons. The Morgan fingerprint density at radius 3 is 2.86 bits per heavy atom. The first kappa shape index (κ1) is 14.1. The van der Waals surface area contributed by atoms with E-state index < -0.39 is 5.97 Å². The van der Waals surface area contributed by atoms with Crippen LogP contribution in [0, 0.1) is 0 Å². The maximum Gasteiger partial charge on any atom is 0.339 e. The maximum atomic E-state index is 11.4. The summed E-state index contributed by atoms with van der Waals surface area (Å²) in [7, 11) is 0. The van der Waals surface area contributed by atoms with E-state index in [1.165, 1.54) is 24.8 Å². The van der Waals surface area contributed by atoms with E-state index in [1.54, 1.807) is 0 Å². The molecule has 0 bridgehead atoms. The Morgan fingerprint density at radius 1 is 1.24 bits per heavy atom. The Bertz CT molecular complexity index is 578. The van der Waals surface area contributed by atoms with Gasteiger partial charge in [-0.1, -0.05) is 11.6 Å². The lowest BCUT2D eigenvalue weighted by atomic mass is 9.94. The first-order chi connectivity index (χ1) is 10.2. The molecule has 0 amide bonds. The molecule has 0 aliphatic heterocycles. The van der Waals surface area contributed by atoms with E-state index in [0.29, 0.717) is 11.4 Å². The van der Waals surface area contributed by atoms with Crippen LogP contribution in [0.25, 0.3) is 0 Å². The highest BCUT2D eigenvalue weighted by molar-refractivity contribution is 5.93. The molecule has 1 heterocycles. The average molecular weight is 286 g/mol. The van der Waals surface area contributed by atoms with E-state index in [9.17, 15) is 9.90 Å². The van der Waals surface area contributed by atoms with Crippen LogP contribution in [0.3, 0.4) is 0 Å². The molecule has 21 heavy (non-hydrogen) atoms. The molecule has 4 heteroatoms. The standard InChI is InChI=1S/C17H22N2O2/c20-17(21)14-11-13-7-3-4-8-15(13)19-16(14)18-10-9-12-5-1-2-6-12/h5,11H,1-4,6-10H2,(H,18,19)(H,20,21). The lowest BCUT2D eigenvalue weighted by Crippen LogP contribution is -2.15. The molecule has 2 aliphatic rings. The van der Waals surface area contributed by atoms with Gasteiger partial charge in [-0.15, -0.1) is 0 Å². The fourth-order valence-electron chi connectivity index (χ4n) is 3.24. The summed E-state index contributed by atoms with van der Waals surface area (Å²) in [5.41, 5.74) is 3.99. The minimum absolute atomic E-state index is 0.316. The number of aromatic carboxylic acids is 1. The highest BCUT2D eigenvalue weighted by atomic mass is 16.4. The number of pyridine rings is 1. The first-order valence-electron chi connectivity index (χ1n) is 7.92. The summed E-state index contributed by atoms with van der Waals surface area (Å²) >= 11 is 0. The predicted molar refractivity (Wildman–Crippen MR) is 82.9 cm³/mol. The maximum absolute atomic E-state index is 11.4. The van der Waals surface area contributed by atoms with Crippen LogP contribution in [-0.2, 0) is 12.8 Å². The van der Waals surface area contributed by atoms with Gasteiger partial charge in [0, 0.05) is 12.2 Å². The molecular formula is C17H22N2O2. The van der Waals surface area contributed by atoms with Crippen molar-refractivity contribution in [1.82, 2.24) is 4.98 Å². The van der Waals surface area contributed by atoms with Gasteiger partial charge in [0.1, 0.15) is 11.4 Å². The topological polar surface area (TPSA) is 62.2 Å². The normalized spacial score (nSPS) is 17.2. The van der Waals surface area contributed by atoms with Crippen LogP contribution in [0.1, 0.15) is 60.1 Å². The van der Waals surface area contributed by atoms with Gasteiger partial charge in [-0.2, -0.15) is 0 Å². The molecule has 0 spiro atoms. The number of allylic oxidation sites excluding steroid dienone is 1. The van der Waals surface area contributed by atoms with Crippen molar-refractivity contribution in [3.63, 3.8) is 0 Å². The number of hydrogen-bond acceptors (Lipinski definition) is 3. The Balaban J connectivity index is 1.74. The van der Waals surface area contributed by atoms with Gasteiger partial charge in [0.05, 0.1) is 0 Å². The number of nitrogens with one attached hydrogen (secondary N) is 1. The molecule has 0 fully saturated rings. The number of carbonyl (C=O) groups is 1. The number of hydrogen-bond donors (Lipinski definition) is 2. The van der Waals surface area contributed by atoms with E-state index in [0.717, 1.165) is 49.9 Å². The largest absolute Gasteiger partial charge is 0.478 e. The van der Waals surface area contributed by atoms with Crippen LogP contribution in [0.5, 0.6) is 0 Å². The molecule has 0 saturated heterocycles. The van der Waals surface area contributed by atoms with E-state index in [2.05, 4.69) is 16.4 Å². The lowest BCUT2D eigenvalue weighted by Gasteiger charge is -2.18. The van der Waals surface area contributed by atoms with Crippen molar-refractivity contribution in [3.05, 3.63) is 34.5 Å². The molecule has 0 aromatic carbocycles. The molecule has 3 rings (SSSR count). The van der Waals surface area contributed by atoms with Crippen molar-refractivity contribution in [3.8, 4) is 0 Å². The van der Waals surface area contributed by atoms with Gasteiger partial charge in [-0.3, -0.25) is 0 Å². The zero-order chi connectivity index (χ0) is 14.7. The summed E-state index contributed by atoms with van der Waals surface area (Å²) < 4.78 is 0. The first-order valence-corrected chi connectivity index (χ1v) is 7.92. The predicted octanol–water partition coefficient (Wildman–Crippen LogP) is 3.57. The number of rotatable bonds is 5. The summed E-state index contributed by atoms with van der Waals surface area (Å²) in [6.07, 6.45) is 11.1. The third-order valence-electron chi connectivity index (χ3n) is 4.40. The Kier molecular flexibility index (Phi) is 4.23. The zero-order valence-electron chi connectivity index (χ0n) is 12.3. The van der Waals surface area contributed by atoms with Crippen LogP contribution in [0.4, 0.5) is 5.82 Å². The molecule has 2 aliphatic carbocycles. The molecular weight excluding hydrogens is 264 g/mol. The summed E-state index contributed by atoms with van der Waals surface area (Å²) in [5.74, 6) is -0.347. The van der Waals surface area contributed by atoms with Crippen molar-refractivity contribution in [1.29, 1.82) is 0 Å². The van der Waals surface area contributed by atoms with Gasteiger partial charge in [-0.25, -0.2) is 9.78 Å². The van der Waals surface area contributed by atoms with Crippen LogP contribution < -0.4 is 5.32 Å². The van der Waals surface area contributed by atoms with E-state index >= 15 is 0 Å². The summed E-state index contributed by atoms with van der Waals surface area (Å²) in [6, 6.07) is 1.82. The van der Waals surface area contributed by atoms with E-state index in [1.807, 2.05) is 6.07 Å². The summed E-state index contributed by atoms with van der Waals surface area (Å²) in [5, 5.41) is 12.6. The van der Waals surface area contributed by atoms with Gasteiger partial charge >= 0.3 is 5.97 Å². The number of nitrogens with zero attached hydrogens (tertiary/aromatic N) is 1. The average Bonchev–Trinajstić information content (AvgIpc) is 2.99. The monoisotopic (exact) mass is 286 g/mol. The van der Waals surface area contributed by atoms with Crippen LogP contribution in [0.2, 0.25) is 0 Å². The Labute approximate surface area is 125 Å². The molecule has 0 saturated carbocycles. The molecule has 2 N–H and O–H groups in total. The molecule has 1 aromatic rings. The molecule has 4 nitrogen and oxygen atoms in total. The number of carboxylic acids is 1. The van der Waals surface area contributed by atoms with Gasteiger partial charge < -0.3 is 10.4 Å². The Morgan fingerprint density at radius 2 is 2.10 bits per heavy atom. The van der Waals surface area contributed by atoms with Gasteiger partial charge in [0.15, 0.2) is 0 Å². The van der Waals surface area contributed by atoms with Crippen LogP contribution >= 0.6 is 0 Å². The number of aromatic nitrogens is 1.